The van der Waals surface area contributed by atoms with Crippen LogP contribution in [0.3, 0.4) is 0 Å². The maximum atomic E-state index is 6.50. The Morgan fingerprint density at radius 2 is 1.07 bits per heavy atom. The molecule has 45 heavy (non-hydrogen) atoms. The zero-order valence-corrected chi connectivity index (χ0v) is 23.8. The molecule has 0 saturated heterocycles. The van der Waals surface area contributed by atoms with Gasteiger partial charge in [-0.25, -0.2) is 19.9 Å². The normalized spacial score (nSPS) is 11.6. The van der Waals surface area contributed by atoms with Crippen molar-refractivity contribution in [3.05, 3.63) is 134 Å². The zero-order chi connectivity index (χ0) is 29.7. The third kappa shape index (κ3) is 4.21. The molecule has 0 aliphatic heterocycles. The van der Waals surface area contributed by atoms with Gasteiger partial charge in [-0.05, 0) is 48.5 Å². The van der Waals surface area contributed by atoms with Crippen LogP contribution in [0.5, 0.6) is 0 Å². The molecule has 0 unspecified atom stereocenters. The number of hydrogen-bond acceptors (Lipinski definition) is 7. The summed E-state index contributed by atoms with van der Waals surface area (Å²) >= 11 is 0. The maximum Gasteiger partial charge on any atom is 0.165 e. The second kappa shape index (κ2) is 10.1. The average Bonchev–Trinajstić information content (AvgIpc) is 3.51. The van der Waals surface area contributed by atoms with Crippen molar-refractivity contribution in [1.82, 2.24) is 29.9 Å². The first-order valence-corrected chi connectivity index (χ1v) is 14.6. The van der Waals surface area contributed by atoms with Crippen LogP contribution in [-0.2, 0) is 0 Å². The lowest BCUT2D eigenvalue weighted by Gasteiger charge is -2.12. The van der Waals surface area contributed by atoms with E-state index in [1.54, 1.807) is 24.8 Å². The molecule has 0 amide bonds. The molecule has 5 heterocycles. The largest absolute Gasteiger partial charge is 0.455 e. The number of fused-ring (bicyclic) bond motifs is 7. The molecular formula is C38H22N6O. The first-order chi connectivity index (χ1) is 22.3. The van der Waals surface area contributed by atoms with Gasteiger partial charge in [-0.1, -0.05) is 60.7 Å². The van der Waals surface area contributed by atoms with Crippen molar-refractivity contribution in [3.63, 3.8) is 0 Å². The quantitative estimate of drug-likeness (QED) is 0.193. The molecule has 7 nitrogen and oxygen atoms in total. The first kappa shape index (κ1) is 25.2. The van der Waals surface area contributed by atoms with Crippen LogP contribution >= 0.6 is 0 Å². The minimum atomic E-state index is 0.541. The van der Waals surface area contributed by atoms with Crippen LogP contribution in [0.4, 0.5) is 0 Å². The SMILES string of the molecule is c1cncc(-c2nc(-c3cccnc3)nc(-c3cccc(-c4nc5ccccc5c5c4ccc4c6ccccc6oc45)c3)n2)c1. The van der Waals surface area contributed by atoms with Gasteiger partial charge in [0.15, 0.2) is 17.5 Å². The van der Waals surface area contributed by atoms with Crippen LogP contribution in [0.25, 0.3) is 89.0 Å². The highest BCUT2D eigenvalue weighted by Crippen LogP contribution is 2.41. The maximum absolute atomic E-state index is 6.50. The summed E-state index contributed by atoms with van der Waals surface area (Å²) < 4.78 is 6.50. The summed E-state index contributed by atoms with van der Waals surface area (Å²) in [4.78, 5) is 28.3. The molecule has 0 spiro atoms. The van der Waals surface area contributed by atoms with E-state index in [4.69, 9.17) is 24.4 Å². The standard InChI is InChI=1S/C38H22N6O/c1-3-14-31-29(13-1)33-30(17-16-28-27-12-2-4-15-32(27)45-35(28)33)34(41-31)23-8-5-9-24(20-23)36-42-37(25-10-6-18-39-21-25)44-38(43-36)26-11-7-19-40-22-26/h1-22H. The average molecular weight is 579 g/mol. The molecule has 0 aliphatic rings. The fourth-order valence-electron chi connectivity index (χ4n) is 6.00. The molecule has 0 radical (unpaired) electrons. The molecule has 210 valence electrons. The summed E-state index contributed by atoms with van der Waals surface area (Å²) in [5.74, 6) is 1.63. The predicted octanol–water partition coefficient (Wildman–Crippen LogP) is 8.93. The summed E-state index contributed by atoms with van der Waals surface area (Å²) in [6.45, 7) is 0. The number of pyridine rings is 3. The Kier molecular flexibility index (Phi) is 5.67. The van der Waals surface area contributed by atoms with Crippen molar-refractivity contribution in [2.24, 2.45) is 0 Å². The second-order valence-electron chi connectivity index (χ2n) is 10.8. The molecule has 0 aliphatic carbocycles. The molecule has 0 fully saturated rings. The Hall–Kier alpha value is -6.34. The van der Waals surface area contributed by atoms with Gasteiger partial charge in [0, 0.05) is 74.0 Å². The Morgan fingerprint density at radius 3 is 1.80 bits per heavy atom. The van der Waals surface area contributed by atoms with Crippen molar-refractivity contribution in [2.45, 2.75) is 0 Å². The van der Waals surface area contributed by atoms with E-state index in [2.05, 4.69) is 52.4 Å². The number of benzene rings is 4. The molecule has 9 aromatic rings. The minimum absolute atomic E-state index is 0.541. The van der Waals surface area contributed by atoms with Gasteiger partial charge in [0.2, 0.25) is 0 Å². The number of furan rings is 1. The Morgan fingerprint density at radius 1 is 0.444 bits per heavy atom. The van der Waals surface area contributed by atoms with Crippen molar-refractivity contribution >= 4 is 43.6 Å². The lowest BCUT2D eigenvalue weighted by atomic mass is 9.97. The molecule has 0 saturated carbocycles. The van der Waals surface area contributed by atoms with Gasteiger partial charge >= 0.3 is 0 Å². The van der Waals surface area contributed by atoms with E-state index >= 15 is 0 Å². The third-order valence-electron chi connectivity index (χ3n) is 8.08. The number of aromatic nitrogens is 6. The molecule has 0 atom stereocenters. The van der Waals surface area contributed by atoms with Crippen LogP contribution in [-0.4, -0.2) is 29.9 Å². The fraction of sp³-hybridized carbons (Fsp3) is 0. The van der Waals surface area contributed by atoms with Crippen LogP contribution in [0.1, 0.15) is 0 Å². The third-order valence-corrected chi connectivity index (χ3v) is 8.08. The summed E-state index contributed by atoms with van der Waals surface area (Å²) in [5, 5.41) is 5.30. The van der Waals surface area contributed by atoms with Crippen LogP contribution in [0.15, 0.2) is 138 Å². The van der Waals surface area contributed by atoms with Gasteiger partial charge in [0.1, 0.15) is 11.2 Å². The van der Waals surface area contributed by atoms with Gasteiger partial charge in [-0.3, -0.25) is 9.97 Å². The Labute approximate surface area is 256 Å². The molecule has 7 heteroatoms. The number of para-hydroxylation sites is 2. The Balaban J connectivity index is 1.27. The zero-order valence-electron chi connectivity index (χ0n) is 23.8. The highest BCUT2D eigenvalue weighted by molar-refractivity contribution is 6.24. The van der Waals surface area contributed by atoms with E-state index in [1.165, 1.54) is 0 Å². The number of rotatable bonds is 4. The fourth-order valence-corrected chi connectivity index (χ4v) is 6.00. The smallest absolute Gasteiger partial charge is 0.165 e. The topological polar surface area (TPSA) is 90.5 Å². The molecule has 4 aromatic carbocycles. The van der Waals surface area contributed by atoms with Gasteiger partial charge in [-0.2, -0.15) is 0 Å². The lowest BCUT2D eigenvalue weighted by Crippen LogP contribution is -2.00. The predicted molar refractivity (Wildman–Crippen MR) is 177 cm³/mol. The molecule has 5 aromatic heterocycles. The van der Waals surface area contributed by atoms with Crippen molar-refractivity contribution in [2.75, 3.05) is 0 Å². The van der Waals surface area contributed by atoms with E-state index in [9.17, 15) is 0 Å². The number of hydrogen-bond donors (Lipinski definition) is 0. The van der Waals surface area contributed by atoms with E-state index in [0.29, 0.717) is 17.5 Å². The summed E-state index contributed by atoms with van der Waals surface area (Å²) in [6.07, 6.45) is 6.98. The lowest BCUT2D eigenvalue weighted by molar-refractivity contribution is 0.673. The van der Waals surface area contributed by atoms with E-state index in [-0.39, 0.29) is 0 Å². The van der Waals surface area contributed by atoms with E-state index in [1.807, 2.05) is 66.7 Å². The summed E-state index contributed by atoms with van der Waals surface area (Å²) in [6, 6.07) is 36.5. The van der Waals surface area contributed by atoms with Gasteiger partial charge in [0.05, 0.1) is 11.2 Å². The number of nitrogens with zero attached hydrogens (tertiary/aromatic N) is 6. The van der Waals surface area contributed by atoms with Crippen LogP contribution in [0.2, 0.25) is 0 Å². The van der Waals surface area contributed by atoms with E-state index < -0.39 is 0 Å². The van der Waals surface area contributed by atoms with Crippen molar-refractivity contribution < 1.29 is 4.42 Å². The second-order valence-corrected chi connectivity index (χ2v) is 10.8. The summed E-state index contributed by atoms with van der Waals surface area (Å²) in [7, 11) is 0. The molecule has 0 bridgehead atoms. The Bertz CT molecular complexity index is 2490. The first-order valence-electron chi connectivity index (χ1n) is 14.6. The van der Waals surface area contributed by atoms with Crippen LogP contribution in [0, 0.1) is 0 Å². The molecular weight excluding hydrogens is 556 g/mol. The minimum Gasteiger partial charge on any atom is -0.455 e. The van der Waals surface area contributed by atoms with Crippen molar-refractivity contribution in [1.29, 1.82) is 0 Å². The highest BCUT2D eigenvalue weighted by Gasteiger charge is 2.18. The molecule has 9 rings (SSSR count). The van der Waals surface area contributed by atoms with Crippen molar-refractivity contribution in [3.8, 4) is 45.4 Å². The monoisotopic (exact) mass is 578 g/mol. The molecule has 0 N–H and O–H groups in total. The summed E-state index contributed by atoms with van der Waals surface area (Å²) in [5.41, 5.74) is 6.90. The van der Waals surface area contributed by atoms with Gasteiger partial charge < -0.3 is 4.42 Å². The highest BCUT2D eigenvalue weighted by atomic mass is 16.3. The van der Waals surface area contributed by atoms with Gasteiger partial charge in [0.25, 0.3) is 0 Å². The van der Waals surface area contributed by atoms with E-state index in [0.717, 1.165) is 71.6 Å². The van der Waals surface area contributed by atoms with Crippen LogP contribution < -0.4 is 0 Å². The van der Waals surface area contributed by atoms with Gasteiger partial charge in [-0.15, -0.1) is 0 Å².